The number of hydrogen-bond donors (Lipinski definition) is 2. The van der Waals surface area contributed by atoms with E-state index in [0.29, 0.717) is 28.2 Å². The first-order valence-electron chi connectivity index (χ1n) is 8.84. The predicted octanol–water partition coefficient (Wildman–Crippen LogP) is 4.06. The standard InChI is InChI=1S/C21H20NO7P/c1-13-17(18-9-6-15(28-2)12-20(18)29-3)10-11-19(22(23)24)21(13)14-4-7-16(8-5-14)30(25,26)27/h4-12H,1-3H3,(H2,25,26,27). The molecule has 0 aliphatic heterocycles. The van der Waals surface area contributed by atoms with E-state index in [1.165, 1.54) is 37.4 Å². The molecule has 30 heavy (non-hydrogen) atoms. The van der Waals surface area contributed by atoms with Gasteiger partial charge in [-0.15, -0.1) is 0 Å². The minimum absolute atomic E-state index is 0.104. The topological polar surface area (TPSA) is 119 Å². The maximum Gasteiger partial charge on any atom is 0.356 e. The van der Waals surface area contributed by atoms with E-state index in [2.05, 4.69) is 0 Å². The Labute approximate surface area is 173 Å². The van der Waals surface area contributed by atoms with Crippen molar-refractivity contribution in [1.29, 1.82) is 0 Å². The van der Waals surface area contributed by atoms with Crippen LogP contribution in [0.1, 0.15) is 5.56 Å². The maximum absolute atomic E-state index is 11.7. The van der Waals surface area contributed by atoms with Gasteiger partial charge in [-0.2, -0.15) is 0 Å². The van der Waals surface area contributed by atoms with Crippen molar-refractivity contribution in [3.63, 3.8) is 0 Å². The van der Waals surface area contributed by atoms with E-state index in [-0.39, 0.29) is 11.0 Å². The lowest BCUT2D eigenvalue weighted by Crippen LogP contribution is -2.03. The summed E-state index contributed by atoms with van der Waals surface area (Å²) in [4.78, 5) is 29.8. The van der Waals surface area contributed by atoms with E-state index >= 15 is 0 Å². The van der Waals surface area contributed by atoms with E-state index in [9.17, 15) is 24.5 Å². The van der Waals surface area contributed by atoms with Crippen LogP contribution in [0, 0.1) is 17.0 Å². The number of ether oxygens (including phenoxy) is 2. The Morgan fingerprint density at radius 3 is 2.10 bits per heavy atom. The van der Waals surface area contributed by atoms with Crippen LogP contribution < -0.4 is 14.8 Å². The third-order valence-electron chi connectivity index (χ3n) is 4.83. The second-order valence-corrected chi connectivity index (χ2v) is 8.15. The molecule has 9 heteroatoms. The van der Waals surface area contributed by atoms with Gasteiger partial charge in [-0.25, -0.2) is 0 Å². The molecular formula is C21H20NO7P. The highest BCUT2D eigenvalue weighted by molar-refractivity contribution is 7.60. The number of methoxy groups -OCH3 is 2. The van der Waals surface area contributed by atoms with Crippen molar-refractivity contribution in [2.24, 2.45) is 0 Å². The van der Waals surface area contributed by atoms with E-state index in [1.807, 2.05) is 6.07 Å². The lowest BCUT2D eigenvalue weighted by Gasteiger charge is -2.16. The SMILES string of the molecule is COc1ccc(-c2ccc([N+](=O)[O-])c(-c3ccc(P(=O)(O)O)cc3)c2C)c(OC)c1. The van der Waals surface area contributed by atoms with Crippen LogP contribution in [0.5, 0.6) is 11.5 Å². The molecule has 8 nitrogen and oxygen atoms in total. The van der Waals surface area contributed by atoms with E-state index < -0.39 is 12.5 Å². The summed E-state index contributed by atoms with van der Waals surface area (Å²) in [5.74, 6) is 1.16. The Kier molecular flexibility index (Phi) is 5.94. The fourth-order valence-corrected chi connectivity index (χ4v) is 3.89. The molecule has 3 aromatic rings. The van der Waals surface area contributed by atoms with Crippen LogP contribution in [-0.4, -0.2) is 28.9 Å². The fraction of sp³-hybridized carbons (Fsp3) is 0.143. The molecule has 3 rings (SSSR count). The number of nitro benzene ring substituents is 1. The highest BCUT2D eigenvalue weighted by atomic mass is 31.2. The van der Waals surface area contributed by atoms with Crippen LogP contribution in [0.25, 0.3) is 22.3 Å². The van der Waals surface area contributed by atoms with Gasteiger partial charge < -0.3 is 19.3 Å². The summed E-state index contributed by atoms with van der Waals surface area (Å²) in [6.07, 6.45) is 0. The van der Waals surface area contributed by atoms with E-state index in [4.69, 9.17) is 9.47 Å². The van der Waals surface area contributed by atoms with Crippen molar-refractivity contribution < 1.29 is 28.7 Å². The highest BCUT2D eigenvalue weighted by Crippen LogP contribution is 2.42. The Morgan fingerprint density at radius 2 is 1.57 bits per heavy atom. The molecule has 156 valence electrons. The van der Waals surface area contributed by atoms with Gasteiger partial charge in [0.25, 0.3) is 5.69 Å². The third-order valence-corrected chi connectivity index (χ3v) is 5.80. The van der Waals surface area contributed by atoms with E-state index in [0.717, 1.165) is 11.1 Å². The van der Waals surface area contributed by atoms with Crippen LogP contribution >= 0.6 is 7.60 Å². The largest absolute Gasteiger partial charge is 0.497 e. The van der Waals surface area contributed by atoms with Crippen LogP contribution in [0.3, 0.4) is 0 Å². The Morgan fingerprint density at radius 1 is 0.933 bits per heavy atom. The van der Waals surface area contributed by atoms with Gasteiger partial charge in [-0.05, 0) is 53.9 Å². The molecule has 0 aromatic heterocycles. The summed E-state index contributed by atoms with van der Waals surface area (Å²) in [6.45, 7) is 1.76. The number of benzene rings is 3. The maximum atomic E-state index is 11.7. The summed E-state index contributed by atoms with van der Waals surface area (Å²) < 4.78 is 22.1. The number of nitro groups is 1. The zero-order chi connectivity index (χ0) is 22.1. The average molecular weight is 429 g/mol. The molecule has 0 radical (unpaired) electrons. The fourth-order valence-electron chi connectivity index (χ4n) is 3.35. The number of hydrogen-bond acceptors (Lipinski definition) is 5. The molecule has 0 spiro atoms. The monoisotopic (exact) mass is 429 g/mol. The Bertz CT molecular complexity index is 1150. The molecule has 0 fully saturated rings. The Hall–Kier alpha value is -3.19. The van der Waals surface area contributed by atoms with Gasteiger partial charge in [0.1, 0.15) is 11.5 Å². The molecule has 0 atom stereocenters. The van der Waals surface area contributed by atoms with Gasteiger partial charge in [0, 0.05) is 17.7 Å². The zero-order valence-corrected chi connectivity index (χ0v) is 17.4. The molecule has 3 aromatic carbocycles. The van der Waals surface area contributed by atoms with Crippen molar-refractivity contribution in [3.05, 3.63) is 70.3 Å². The van der Waals surface area contributed by atoms with Gasteiger partial charge in [0.05, 0.1) is 30.0 Å². The van der Waals surface area contributed by atoms with Crippen LogP contribution in [0.4, 0.5) is 5.69 Å². The molecule has 2 N–H and O–H groups in total. The minimum atomic E-state index is -4.41. The molecule has 0 unspecified atom stereocenters. The van der Waals surface area contributed by atoms with Crippen molar-refractivity contribution in [1.82, 2.24) is 0 Å². The molecule has 0 saturated heterocycles. The van der Waals surface area contributed by atoms with Gasteiger partial charge >= 0.3 is 7.60 Å². The first kappa shape index (κ1) is 21.5. The van der Waals surface area contributed by atoms with Crippen molar-refractivity contribution in [2.45, 2.75) is 6.92 Å². The predicted molar refractivity (Wildman–Crippen MR) is 113 cm³/mol. The molecular weight excluding hydrogens is 409 g/mol. The van der Waals surface area contributed by atoms with Crippen LogP contribution in [0.2, 0.25) is 0 Å². The average Bonchev–Trinajstić information content (AvgIpc) is 2.72. The second-order valence-electron chi connectivity index (χ2n) is 6.55. The summed E-state index contributed by atoms with van der Waals surface area (Å²) in [6, 6.07) is 13.9. The van der Waals surface area contributed by atoms with Gasteiger partial charge in [0.15, 0.2) is 0 Å². The quantitative estimate of drug-likeness (QED) is 0.345. The van der Waals surface area contributed by atoms with Gasteiger partial charge in [-0.3, -0.25) is 14.7 Å². The third kappa shape index (κ3) is 4.07. The lowest BCUT2D eigenvalue weighted by molar-refractivity contribution is -0.384. The summed E-state index contributed by atoms with van der Waals surface area (Å²) in [5.41, 5.74) is 2.84. The second kappa shape index (κ2) is 8.28. The molecule has 0 aliphatic rings. The Balaban J connectivity index is 2.24. The first-order chi connectivity index (χ1) is 14.2. The van der Waals surface area contributed by atoms with Crippen LogP contribution in [0.15, 0.2) is 54.6 Å². The number of rotatable bonds is 6. The zero-order valence-electron chi connectivity index (χ0n) is 16.5. The summed E-state index contributed by atoms with van der Waals surface area (Å²) in [5, 5.41) is 11.5. The highest BCUT2D eigenvalue weighted by Gasteiger charge is 2.23. The van der Waals surface area contributed by atoms with Gasteiger partial charge in [-0.1, -0.05) is 12.1 Å². The number of nitrogens with zero attached hydrogens (tertiary/aromatic N) is 1. The van der Waals surface area contributed by atoms with Crippen molar-refractivity contribution >= 4 is 18.6 Å². The lowest BCUT2D eigenvalue weighted by atomic mass is 9.91. The smallest absolute Gasteiger partial charge is 0.356 e. The molecule has 0 amide bonds. The molecule has 0 bridgehead atoms. The molecule has 0 aliphatic carbocycles. The molecule has 0 saturated carbocycles. The minimum Gasteiger partial charge on any atom is -0.497 e. The summed E-state index contributed by atoms with van der Waals surface area (Å²) >= 11 is 0. The normalized spacial score (nSPS) is 11.2. The van der Waals surface area contributed by atoms with Crippen molar-refractivity contribution in [3.8, 4) is 33.8 Å². The van der Waals surface area contributed by atoms with Crippen molar-refractivity contribution in [2.75, 3.05) is 14.2 Å². The van der Waals surface area contributed by atoms with Crippen LogP contribution in [-0.2, 0) is 4.57 Å². The first-order valence-corrected chi connectivity index (χ1v) is 10.5. The van der Waals surface area contributed by atoms with E-state index in [1.54, 1.807) is 32.2 Å². The van der Waals surface area contributed by atoms with Gasteiger partial charge in [0.2, 0.25) is 0 Å². The summed E-state index contributed by atoms with van der Waals surface area (Å²) in [7, 11) is -1.34. The molecule has 0 heterocycles.